The van der Waals surface area contributed by atoms with Crippen molar-refractivity contribution in [3.63, 3.8) is 0 Å². The normalized spacial score (nSPS) is 24.2. The van der Waals surface area contributed by atoms with Crippen LogP contribution in [0.2, 0.25) is 0 Å². The lowest BCUT2D eigenvalue weighted by Gasteiger charge is -2.41. The Balaban J connectivity index is 0.000000337. The van der Waals surface area contributed by atoms with E-state index < -0.39 is 0 Å². The van der Waals surface area contributed by atoms with Gasteiger partial charge in [-0.2, -0.15) is 0 Å². The molecule has 2 fully saturated rings. The van der Waals surface area contributed by atoms with Crippen LogP contribution in [0.1, 0.15) is 46.5 Å². The highest BCUT2D eigenvalue weighted by Gasteiger charge is 2.28. The highest BCUT2D eigenvalue weighted by molar-refractivity contribution is 4.81. The van der Waals surface area contributed by atoms with Crippen LogP contribution >= 0.6 is 0 Å². The van der Waals surface area contributed by atoms with Crippen LogP contribution in [0, 0.1) is 5.92 Å². The summed E-state index contributed by atoms with van der Waals surface area (Å²) < 4.78 is 5.20. The molecule has 0 N–H and O–H groups in total. The summed E-state index contributed by atoms with van der Waals surface area (Å²) >= 11 is 0. The number of hydrogen-bond donors (Lipinski definition) is 0. The van der Waals surface area contributed by atoms with Crippen molar-refractivity contribution in [1.29, 1.82) is 0 Å². The van der Waals surface area contributed by atoms with Gasteiger partial charge in [0.1, 0.15) is 0 Å². The van der Waals surface area contributed by atoms with Gasteiger partial charge in [0.2, 0.25) is 0 Å². The van der Waals surface area contributed by atoms with E-state index in [1.54, 1.807) is 0 Å². The summed E-state index contributed by atoms with van der Waals surface area (Å²) in [5.41, 5.74) is 0. The summed E-state index contributed by atoms with van der Waals surface area (Å²) in [6.45, 7) is 11.2. The smallest absolute Gasteiger partial charge is 0.0645 e. The fraction of sp³-hybridized carbons (Fsp3) is 1.00. The highest BCUT2D eigenvalue weighted by Crippen LogP contribution is 2.23. The number of hydrogen-bond acceptors (Lipinski definition) is 2. The summed E-state index contributed by atoms with van der Waals surface area (Å²) in [5.74, 6) is 1.00. The highest BCUT2D eigenvalue weighted by atomic mass is 16.5. The minimum absolute atomic E-state index is 0.766. The molecule has 0 aliphatic carbocycles. The van der Waals surface area contributed by atoms with Gasteiger partial charge in [-0.05, 0) is 31.8 Å². The summed E-state index contributed by atoms with van der Waals surface area (Å²) in [5, 5.41) is 0. The summed E-state index contributed by atoms with van der Waals surface area (Å²) in [7, 11) is 0. The van der Waals surface area contributed by atoms with Crippen molar-refractivity contribution in [1.82, 2.24) is 4.90 Å². The van der Waals surface area contributed by atoms with E-state index in [4.69, 9.17) is 4.74 Å². The zero-order valence-electron chi connectivity index (χ0n) is 10.7. The number of ether oxygens (including phenoxy) is 1. The maximum absolute atomic E-state index is 5.20. The van der Waals surface area contributed by atoms with E-state index in [0.29, 0.717) is 0 Å². The Hall–Kier alpha value is -0.0800. The van der Waals surface area contributed by atoms with Crippen LogP contribution in [-0.4, -0.2) is 37.2 Å². The van der Waals surface area contributed by atoms with E-state index in [0.717, 1.165) is 25.2 Å². The van der Waals surface area contributed by atoms with Gasteiger partial charge >= 0.3 is 0 Å². The van der Waals surface area contributed by atoms with Gasteiger partial charge in [-0.25, -0.2) is 0 Å². The third-order valence-electron chi connectivity index (χ3n) is 3.36. The summed E-state index contributed by atoms with van der Waals surface area (Å²) in [6.07, 6.45) is 5.44. The van der Waals surface area contributed by atoms with Gasteiger partial charge in [0.05, 0.1) is 19.3 Å². The molecule has 90 valence electrons. The minimum atomic E-state index is 0.766. The Morgan fingerprint density at radius 3 is 1.93 bits per heavy atom. The van der Waals surface area contributed by atoms with Gasteiger partial charge in [-0.15, -0.1) is 0 Å². The van der Waals surface area contributed by atoms with Crippen LogP contribution in [0.25, 0.3) is 0 Å². The first kappa shape index (κ1) is 13.0. The molecule has 0 atom stereocenters. The van der Waals surface area contributed by atoms with Crippen LogP contribution in [-0.2, 0) is 4.74 Å². The summed E-state index contributed by atoms with van der Waals surface area (Å²) in [4.78, 5) is 2.61. The van der Waals surface area contributed by atoms with Gasteiger partial charge in [0.15, 0.2) is 0 Å². The van der Waals surface area contributed by atoms with E-state index in [-0.39, 0.29) is 0 Å². The van der Waals surface area contributed by atoms with Crippen molar-refractivity contribution >= 4 is 0 Å². The molecule has 15 heavy (non-hydrogen) atoms. The third kappa shape index (κ3) is 4.12. The molecule has 0 bridgehead atoms. The molecule has 2 saturated heterocycles. The van der Waals surface area contributed by atoms with Crippen molar-refractivity contribution in [2.24, 2.45) is 5.92 Å². The van der Waals surface area contributed by atoms with E-state index in [1.807, 2.05) is 0 Å². The van der Waals surface area contributed by atoms with Gasteiger partial charge in [0, 0.05) is 0 Å². The lowest BCUT2D eigenvalue weighted by atomic mass is 9.93. The number of likely N-dealkylation sites (tertiary alicyclic amines) is 1. The van der Waals surface area contributed by atoms with Crippen LogP contribution < -0.4 is 0 Å². The van der Waals surface area contributed by atoms with Crippen LogP contribution in [0.15, 0.2) is 0 Å². The Kier molecular flexibility index (Phi) is 6.26. The SMILES string of the molecule is CCC.CCC1CCN(C2COC2)CC1. The van der Waals surface area contributed by atoms with E-state index >= 15 is 0 Å². The predicted octanol–water partition coefficient (Wildman–Crippen LogP) is 2.92. The molecule has 2 aliphatic rings. The Morgan fingerprint density at radius 1 is 1.07 bits per heavy atom. The topological polar surface area (TPSA) is 12.5 Å². The van der Waals surface area contributed by atoms with Crippen molar-refractivity contribution in [2.45, 2.75) is 52.5 Å². The lowest BCUT2D eigenvalue weighted by Crippen LogP contribution is -2.51. The summed E-state index contributed by atoms with van der Waals surface area (Å²) in [6, 6.07) is 0.766. The maximum atomic E-state index is 5.20. The average molecular weight is 213 g/mol. The molecule has 0 radical (unpaired) electrons. The van der Waals surface area contributed by atoms with Gasteiger partial charge in [0.25, 0.3) is 0 Å². The number of nitrogens with zero attached hydrogens (tertiary/aromatic N) is 1. The molecule has 0 unspecified atom stereocenters. The Morgan fingerprint density at radius 2 is 1.60 bits per heavy atom. The average Bonchev–Trinajstić information content (AvgIpc) is 2.18. The molecule has 0 aromatic rings. The molecule has 0 amide bonds. The molecule has 2 nitrogen and oxygen atoms in total. The van der Waals surface area contributed by atoms with Crippen LogP contribution in [0.3, 0.4) is 0 Å². The molecule has 2 heterocycles. The fourth-order valence-electron chi connectivity index (χ4n) is 2.16. The first-order valence-corrected chi connectivity index (χ1v) is 6.63. The standard InChI is InChI=1S/C10H19NO.C3H8/c1-2-9-3-5-11(6-4-9)10-7-12-8-10;1-3-2/h9-10H,2-8H2,1H3;3H2,1-2H3. The second-order valence-electron chi connectivity index (χ2n) is 4.79. The van der Waals surface area contributed by atoms with E-state index in [9.17, 15) is 0 Å². The zero-order valence-corrected chi connectivity index (χ0v) is 10.7. The largest absolute Gasteiger partial charge is 0.378 e. The van der Waals surface area contributed by atoms with Crippen molar-refractivity contribution in [3.8, 4) is 0 Å². The zero-order chi connectivity index (χ0) is 11.1. The van der Waals surface area contributed by atoms with Crippen molar-refractivity contribution in [3.05, 3.63) is 0 Å². The molecular formula is C13H27NO. The fourth-order valence-corrected chi connectivity index (χ4v) is 2.16. The van der Waals surface area contributed by atoms with Crippen molar-refractivity contribution < 1.29 is 4.74 Å². The van der Waals surface area contributed by atoms with Gasteiger partial charge in [-0.3, -0.25) is 4.90 Å². The molecule has 0 spiro atoms. The van der Waals surface area contributed by atoms with Gasteiger partial charge in [-0.1, -0.05) is 33.6 Å². The van der Waals surface area contributed by atoms with Gasteiger partial charge < -0.3 is 4.74 Å². The lowest BCUT2D eigenvalue weighted by molar-refractivity contribution is -0.0738. The second kappa shape index (κ2) is 7.24. The number of rotatable bonds is 2. The van der Waals surface area contributed by atoms with Crippen molar-refractivity contribution in [2.75, 3.05) is 26.3 Å². The van der Waals surface area contributed by atoms with Crippen LogP contribution in [0.4, 0.5) is 0 Å². The predicted molar refractivity (Wildman–Crippen MR) is 65.2 cm³/mol. The molecule has 2 aliphatic heterocycles. The van der Waals surface area contributed by atoms with E-state index in [1.165, 1.54) is 38.8 Å². The third-order valence-corrected chi connectivity index (χ3v) is 3.36. The van der Waals surface area contributed by atoms with Crippen LogP contribution in [0.5, 0.6) is 0 Å². The maximum Gasteiger partial charge on any atom is 0.0645 e. The number of piperidine rings is 1. The van der Waals surface area contributed by atoms with E-state index in [2.05, 4.69) is 25.7 Å². The molecular weight excluding hydrogens is 186 g/mol. The minimum Gasteiger partial charge on any atom is -0.378 e. The Labute approximate surface area is 95.0 Å². The quantitative estimate of drug-likeness (QED) is 0.699. The first-order chi connectivity index (χ1) is 7.31. The molecule has 0 saturated carbocycles. The second-order valence-corrected chi connectivity index (χ2v) is 4.79. The molecule has 2 heteroatoms. The Bertz CT molecular complexity index is 149. The molecule has 0 aromatic heterocycles. The molecule has 2 rings (SSSR count). The monoisotopic (exact) mass is 213 g/mol. The first-order valence-electron chi connectivity index (χ1n) is 6.63. The molecule has 0 aromatic carbocycles.